The van der Waals surface area contributed by atoms with Crippen LogP contribution >= 0.6 is 0 Å². The first-order chi connectivity index (χ1) is 16.4. The Morgan fingerprint density at radius 3 is 2.71 bits per heavy atom. The minimum absolute atomic E-state index is 0.256. The zero-order valence-corrected chi connectivity index (χ0v) is 20.0. The summed E-state index contributed by atoms with van der Waals surface area (Å²) in [5.74, 6) is 0.484. The Kier molecular flexibility index (Phi) is 8.10. The second kappa shape index (κ2) is 11.2. The highest BCUT2D eigenvalue weighted by molar-refractivity contribution is 6.13. The lowest BCUT2D eigenvalue weighted by Crippen LogP contribution is -2.13. The van der Waals surface area contributed by atoms with Gasteiger partial charge in [-0.3, -0.25) is 10.4 Å². The van der Waals surface area contributed by atoms with E-state index in [4.69, 9.17) is 15.9 Å². The van der Waals surface area contributed by atoms with Gasteiger partial charge in [-0.1, -0.05) is 19.1 Å². The molecule has 0 spiro atoms. The van der Waals surface area contributed by atoms with Gasteiger partial charge < -0.3 is 26.1 Å². The van der Waals surface area contributed by atoms with Crippen molar-refractivity contribution >= 4 is 34.4 Å². The molecule has 2 heterocycles. The number of aldehydes is 1. The maximum Gasteiger partial charge on any atom is 0.157 e. The van der Waals surface area contributed by atoms with E-state index in [0.717, 1.165) is 52.8 Å². The molecular weight excluding hydrogens is 426 g/mol. The number of carbonyl (C=O) groups excluding carboxylic acids is 1. The first-order valence-electron chi connectivity index (χ1n) is 11.1. The van der Waals surface area contributed by atoms with E-state index in [2.05, 4.69) is 39.4 Å². The number of rotatable bonds is 7. The van der Waals surface area contributed by atoms with Crippen molar-refractivity contribution in [1.29, 1.82) is 5.41 Å². The molecule has 0 aliphatic heterocycles. The second-order valence-electron chi connectivity index (χ2n) is 7.70. The average Bonchev–Trinajstić information content (AvgIpc) is 3.28. The standard InChI is InChI=1S/C24H27N7.C2H4O/c1-4-28-11-16-12-29-13-18(14(16)2)15-8-9-19(25)17(10-15)22(26)24-30-21-7-5-6-20(27-3)23(21)31-24;1-2-3/h5-10,12-13,26-28H,4,11,25H2,1-3H3,(H,30,31);2H,1H3. The molecule has 4 aromatic rings. The monoisotopic (exact) mass is 457 g/mol. The third kappa shape index (κ3) is 5.13. The van der Waals surface area contributed by atoms with Crippen LogP contribution in [-0.4, -0.2) is 40.5 Å². The van der Waals surface area contributed by atoms with Crippen LogP contribution in [0, 0.1) is 12.3 Å². The number of aromatic amines is 1. The SMILES string of the molecule is CC=O.CCNCc1cncc(-c2ccc(N)c(C(=N)c3nc4c(NC)cccc4[nH]3)c2)c1C. The number of nitrogens with zero attached hydrogens (tertiary/aromatic N) is 2. The van der Waals surface area contributed by atoms with Crippen LogP contribution < -0.4 is 16.4 Å². The summed E-state index contributed by atoms with van der Waals surface area (Å²) >= 11 is 0. The van der Waals surface area contributed by atoms with E-state index < -0.39 is 0 Å². The number of nitrogen functional groups attached to an aromatic ring is 1. The summed E-state index contributed by atoms with van der Waals surface area (Å²) in [5.41, 5.74) is 14.6. The highest BCUT2D eigenvalue weighted by Gasteiger charge is 2.16. The number of hydrogen-bond acceptors (Lipinski definition) is 7. The smallest absolute Gasteiger partial charge is 0.157 e. The van der Waals surface area contributed by atoms with Crippen LogP contribution in [0.5, 0.6) is 0 Å². The molecule has 2 aromatic heterocycles. The molecule has 8 heteroatoms. The maximum absolute atomic E-state index is 8.81. The molecule has 0 saturated carbocycles. The van der Waals surface area contributed by atoms with Crippen LogP contribution in [0.25, 0.3) is 22.2 Å². The van der Waals surface area contributed by atoms with Crippen LogP contribution in [0.4, 0.5) is 11.4 Å². The van der Waals surface area contributed by atoms with Gasteiger partial charge in [0.25, 0.3) is 0 Å². The van der Waals surface area contributed by atoms with Gasteiger partial charge in [-0.25, -0.2) is 4.98 Å². The average molecular weight is 458 g/mol. The van der Waals surface area contributed by atoms with E-state index in [1.54, 1.807) is 0 Å². The molecule has 6 N–H and O–H groups in total. The number of imidazole rings is 1. The fraction of sp³-hybridized carbons (Fsp3) is 0.231. The fourth-order valence-electron chi connectivity index (χ4n) is 3.72. The minimum atomic E-state index is 0.256. The highest BCUT2D eigenvalue weighted by Crippen LogP contribution is 2.29. The van der Waals surface area contributed by atoms with Crippen molar-refractivity contribution in [3.05, 3.63) is 71.3 Å². The first-order valence-corrected chi connectivity index (χ1v) is 11.1. The van der Waals surface area contributed by atoms with Crippen LogP contribution in [0.2, 0.25) is 0 Å². The molecule has 0 atom stereocenters. The van der Waals surface area contributed by atoms with E-state index in [1.807, 2.05) is 55.8 Å². The summed E-state index contributed by atoms with van der Waals surface area (Å²) in [7, 11) is 1.86. The maximum atomic E-state index is 8.81. The largest absolute Gasteiger partial charge is 0.398 e. The molecule has 0 saturated heterocycles. The van der Waals surface area contributed by atoms with Gasteiger partial charge in [-0.15, -0.1) is 0 Å². The predicted octanol–water partition coefficient (Wildman–Crippen LogP) is 4.29. The van der Waals surface area contributed by atoms with Crippen LogP contribution in [-0.2, 0) is 11.3 Å². The topological polar surface area (TPSA) is 133 Å². The molecule has 0 radical (unpaired) electrons. The van der Waals surface area contributed by atoms with Crippen molar-refractivity contribution in [3.63, 3.8) is 0 Å². The quantitative estimate of drug-likeness (QED) is 0.160. The van der Waals surface area contributed by atoms with Crippen molar-refractivity contribution < 1.29 is 4.79 Å². The molecule has 0 aliphatic carbocycles. The fourth-order valence-corrected chi connectivity index (χ4v) is 3.72. The molecule has 0 fully saturated rings. The van der Waals surface area contributed by atoms with Gasteiger partial charge in [0.1, 0.15) is 17.5 Å². The Hall–Kier alpha value is -4.04. The number of para-hydroxylation sites is 1. The highest BCUT2D eigenvalue weighted by atomic mass is 16.1. The van der Waals surface area contributed by atoms with Crippen LogP contribution in [0.15, 0.2) is 48.8 Å². The number of H-pyrrole nitrogens is 1. The van der Waals surface area contributed by atoms with E-state index >= 15 is 0 Å². The van der Waals surface area contributed by atoms with Gasteiger partial charge >= 0.3 is 0 Å². The predicted molar refractivity (Wildman–Crippen MR) is 140 cm³/mol. The van der Waals surface area contributed by atoms with E-state index in [0.29, 0.717) is 17.1 Å². The molecule has 0 amide bonds. The zero-order valence-electron chi connectivity index (χ0n) is 20.0. The summed E-state index contributed by atoms with van der Waals surface area (Å²) in [5, 5.41) is 15.3. The molecule has 0 bridgehead atoms. The lowest BCUT2D eigenvalue weighted by molar-refractivity contribution is -0.106. The summed E-state index contributed by atoms with van der Waals surface area (Å²) < 4.78 is 0. The molecule has 4 rings (SSSR count). The number of nitrogens with one attached hydrogen (secondary N) is 4. The normalized spacial score (nSPS) is 10.5. The second-order valence-corrected chi connectivity index (χ2v) is 7.70. The summed E-state index contributed by atoms with van der Waals surface area (Å²) in [6, 6.07) is 11.6. The van der Waals surface area contributed by atoms with Gasteiger partial charge in [0.2, 0.25) is 0 Å². The van der Waals surface area contributed by atoms with Crippen molar-refractivity contribution in [3.8, 4) is 11.1 Å². The summed E-state index contributed by atoms with van der Waals surface area (Å²) in [6.45, 7) is 7.30. The number of benzene rings is 2. The summed E-state index contributed by atoms with van der Waals surface area (Å²) in [4.78, 5) is 21.1. The van der Waals surface area contributed by atoms with Gasteiger partial charge in [-0.2, -0.15) is 0 Å². The molecule has 0 aliphatic rings. The molecule has 0 unspecified atom stereocenters. The lowest BCUT2D eigenvalue weighted by Gasteiger charge is -2.13. The number of pyridine rings is 1. The number of nitrogens with two attached hydrogens (primary N) is 1. The molecule has 34 heavy (non-hydrogen) atoms. The number of carbonyl (C=O) groups is 1. The van der Waals surface area contributed by atoms with Gasteiger partial charge in [-0.05, 0) is 61.3 Å². The molecule has 176 valence electrons. The number of hydrogen-bond donors (Lipinski definition) is 5. The Labute approximate surface area is 199 Å². The van der Waals surface area contributed by atoms with Crippen molar-refractivity contribution in [1.82, 2.24) is 20.3 Å². The van der Waals surface area contributed by atoms with Crippen molar-refractivity contribution in [2.75, 3.05) is 24.6 Å². The molecule has 2 aromatic carbocycles. The van der Waals surface area contributed by atoms with E-state index in [-0.39, 0.29) is 5.71 Å². The Balaban J connectivity index is 0.00000103. The minimum Gasteiger partial charge on any atom is -0.398 e. The Bertz CT molecular complexity index is 1310. The van der Waals surface area contributed by atoms with Crippen LogP contribution in [0.1, 0.15) is 36.4 Å². The third-order valence-corrected chi connectivity index (χ3v) is 5.54. The van der Waals surface area contributed by atoms with E-state index in [1.165, 1.54) is 12.5 Å². The van der Waals surface area contributed by atoms with Gasteiger partial charge in [0, 0.05) is 42.8 Å². The lowest BCUT2D eigenvalue weighted by atomic mass is 9.95. The number of fused-ring (bicyclic) bond motifs is 1. The Morgan fingerprint density at radius 1 is 1.24 bits per heavy atom. The molecular formula is C26H31N7O. The Morgan fingerprint density at radius 2 is 2.00 bits per heavy atom. The van der Waals surface area contributed by atoms with Crippen molar-refractivity contribution in [2.45, 2.75) is 27.3 Å². The van der Waals surface area contributed by atoms with Crippen molar-refractivity contribution in [2.24, 2.45) is 0 Å². The number of anilines is 2. The van der Waals surface area contributed by atoms with Crippen LogP contribution in [0.3, 0.4) is 0 Å². The summed E-state index contributed by atoms with van der Waals surface area (Å²) in [6.07, 6.45) is 4.51. The van der Waals surface area contributed by atoms with E-state index in [9.17, 15) is 0 Å². The van der Waals surface area contributed by atoms with Gasteiger partial charge in [0.05, 0.1) is 11.2 Å². The molecule has 8 nitrogen and oxygen atoms in total. The van der Waals surface area contributed by atoms with Gasteiger partial charge in [0.15, 0.2) is 5.82 Å². The first kappa shape index (κ1) is 24.6. The zero-order chi connectivity index (χ0) is 24.7. The third-order valence-electron chi connectivity index (χ3n) is 5.54. The number of aromatic nitrogens is 3.